The average Bonchev–Trinajstić information content (AvgIpc) is 3.97. The van der Waals surface area contributed by atoms with Gasteiger partial charge in [0.25, 0.3) is 0 Å². The van der Waals surface area contributed by atoms with Crippen molar-refractivity contribution in [2.45, 2.75) is 0 Å². The lowest BCUT2D eigenvalue weighted by Crippen LogP contribution is -2.02. The number of nitriles is 1. The van der Waals surface area contributed by atoms with Gasteiger partial charge < -0.3 is 13.7 Å². The normalized spacial score (nSPS) is 11.6. The molecule has 0 fully saturated rings. The Labute approximate surface area is 351 Å². The second-order valence-electron chi connectivity index (χ2n) is 15.4. The quantitative estimate of drug-likeness (QED) is 0.161. The van der Waals surface area contributed by atoms with E-state index in [9.17, 15) is 5.26 Å². The Balaban J connectivity index is 1.19. The van der Waals surface area contributed by atoms with Crippen molar-refractivity contribution in [3.8, 4) is 45.4 Å². The summed E-state index contributed by atoms with van der Waals surface area (Å²) in [6, 6.07) is 72.4. The molecule has 0 bridgehead atoms. The predicted molar refractivity (Wildman–Crippen MR) is 251 cm³/mol. The molecule has 282 valence electrons. The Morgan fingerprint density at radius 2 is 0.803 bits per heavy atom. The first kappa shape index (κ1) is 34.4. The van der Waals surface area contributed by atoms with E-state index in [0.717, 1.165) is 88.4 Å². The summed E-state index contributed by atoms with van der Waals surface area (Å²) in [7, 11) is 0. The maximum atomic E-state index is 10.2. The van der Waals surface area contributed by atoms with Gasteiger partial charge in [0, 0.05) is 43.4 Å². The molecule has 0 amide bonds. The second kappa shape index (κ2) is 13.5. The lowest BCUT2D eigenvalue weighted by Gasteiger charge is -2.22. The van der Waals surface area contributed by atoms with Crippen LogP contribution in [0.5, 0.6) is 0 Å². The molecule has 0 aliphatic carbocycles. The van der Waals surface area contributed by atoms with Crippen LogP contribution in [0.2, 0.25) is 0 Å². The van der Waals surface area contributed by atoms with E-state index in [4.69, 9.17) is 6.57 Å². The van der Waals surface area contributed by atoms with Gasteiger partial charge in [0.2, 0.25) is 0 Å². The highest BCUT2D eigenvalue weighted by Gasteiger charge is 2.25. The van der Waals surface area contributed by atoms with Crippen molar-refractivity contribution >= 4 is 71.1 Å². The fourth-order valence-corrected chi connectivity index (χ4v) is 9.84. The van der Waals surface area contributed by atoms with E-state index in [0.29, 0.717) is 16.8 Å². The van der Waals surface area contributed by atoms with Crippen LogP contribution in [0.15, 0.2) is 200 Å². The fourth-order valence-electron chi connectivity index (χ4n) is 9.84. The van der Waals surface area contributed by atoms with Gasteiger partial charge in [-0.3, -0.25) is 0 Å². The van der Waals surface area contributed by atoms with Crippen LogP contribution < -0.4 is 0 Å². The highest BCUT2D eigenvalue weighted by molar-refractivity contribution is 6.17. The summed E-state index contributed by atoms with van der Waals surface area (Å²) in [5.74, 6) is 0. The maximum Gasteiger partial charge on any atom is 0.195 e. The Hall–Kier alpha value is -8.64. The van der Waals surface area contributed by atoms with Crippen molar-refractivity contribution in [3.05, 3.63) is 217 Å². The summed E-state index contributed by atoms with van der Waals surface area (Å²) in [5, 5.41) is 17.3. The Bertz CT molecular complexity index is 3750. The van der Waals surface area contributed by atoms with E-state index >= 15 is 0 Å². The second-order valence-corrected chi connectivity index (χ2v) is 15.4. The number of fused-ring (bicyclic) bond motifs is 9. The Morgan fingerprint density at radius 1 is 0.377 bits per heavy atom. The van der Waals surface area contributed by atoms with Crippen LogP contribution in [0.3, 0.4) is 0 Å². The molecule has 0 saturated carbocycles. The lowest BCUT2D eigenvalue weighted by molar-refractivity contribution is 1.16. The van der Waals surface area contributed by atoms with Crippen LogP contribution in [-0.2, 0) is 0 Å². The summed E-state index contributed by atoms with van der Waals surface area (Å²) in [4.78, 5) is 4.06. The van der Waals surface area contributed by atoms with Crippen molar-refractivity contribution in [1.29, 1.82) is 5.26 Å². The molecule has 9 aromatic carbocycles. The molecule has 0 saturated heterocycles. The molecule has 5 nitrogen and oxygen atoms in total. The number of rotatable bonds is 5. The van der Waals surface area contributed by atoms with Crippen LogP contribution in [0.1, 0.15) is 5.56 Å². The molecular formula is C56H33N5. The van der Waals surface area contributed by atoms with Gasteiger partial charge >= 0.3 is 0 Å². The third-order valence-electron chi connectivity index (χ3n) is 12.3. The molecular weight excluding hydrogens is 743 g/mol. The van der Waals surface area contributed by atoms with Gasteiger partial charge in [0.1, 0.15) is 0 Å². The van der Waals surface area contributed by atoms with Gasteiger partial charge in [-0.1, -0.05) is 140 Å². The highest BCUT2D eigenvalue weighted by Crippen LogP contribution is 2.47. The first-order chi connectivity index (χ1) is 30.2. The summed E-state index contributed by atoms with van der Waals surface area (Å²) >= 11 is 0. The average molecular weight is 776 g/mol. The molecule has 3 heterocycles. The third-order valence-corrected chi connectivity index (χ3v) is 12.3. The van der Waals surface area contributed by atoms with Crippen molar-refractivity contribution in [2.24, 2.45) is 0 Å². The van der Waals surface area contributed by atoms with E-state index in [1.165, 1.54) is 10.8 Å². The van der Waals surface area contributed by atoms with Gasteiger partial charge in [-0.25, -0.2) is 4.85 Å². The summed E-state index contributed by atoms with van der Waals surface area (Å²) in [5.41, 5.74) is 14.2. The number of hydrogen-bond acceptors (Lipinski definition) is 1. The van der Waals surface area contributed by atoms with Gasteiger partial charge in [0.05, 0.1) is 68.4 Å². The zero-order chi connectivity index (χ0) is 40.6. The number of para-hydroxylation sites is 6. The van der Waals surface area contributed by atoms with Crippen molar-refractivity contribution < 1.29 is 0 Å². The van der Waals surface area contributed by atoms with E-state index in [-0.39, 0.29) is 0 Å². The molecule has 0 aliphatic heterocycles. The van der Waals surface area contributed by atoms with Crippen LogP contribution in [-0.4, -0.2) is 13.7 Å². The van der Waals surface area contributed by atoms with Gasteiger partial charge in [-0.05, 0) is 71.8 Å². The van der Waals surface area contributed by atoms with E-state index in [1.54, 1.807) is 12.1 Å². The van der Waals surface area contributed by atoms with Crippen molar-refractivity contribution in [2.75, 3.05) is 0 Å². The monoisotopic (exact) mass is 775 g/mol. The molecule has 0 aliphatic rings. The maximum absolute atomic E-state index is 10.2. The van der Waals surface area contributed by atoms with Gasteiger partial charge in [0.15, 0.2) is 5.69 Å². The Kier molecular flexibility index (Phi) is 7.59. The summed E-state index contributed by atoms with van der Waals surface area (Å²) in [6.45, 7) is 8.39. The minimum absolute atomic E-state index is 0.485. The van der Waals surface area contributed by atoms with Crippen LogP contribution in [0.25, 0.3) is 110 Å². The standard InChI is InChI=1S/C56H33N5/c1-58-45-33-32-36(35-57)34-44(45)55-42(22-14-29-52(55)59-46-23-8-2-16-37(46)38-17-3-9-24-47(38)59)41-20-6-12-27-50(41)61-51-28-13-7-21-43(51)56-53(30-15-31-54(56)61)60-48-25-10-4-18-39(48)40-19-5-11-26-49(40)60/h2-34H. The van der Waals surface area contributed by atoms with Crippen LogP contribution in [0.4, 0.5) is 5.69 Å². The van der Waals surface area contributed by atoms with E-state index in [2.05, 4.69) is 207 Å². The molecule has 12 aromatic rings. The Morgan fingerprint density at radius 3 is 1.39 bits per heavy atom. The first-order valence-corrected chi connectivity index (χ1v) is 20.4. The number of benzene rings is 9. The minimum Gasteiger partial charge on any atom is -0.309 e. The fraction of sp³-hybridized carbons (Fsp3) is 0. The SMILES string of the molecule is [C-]#[N+]c1ccc(C#N)cc1-c1c(-c2ccccc2-n2c3ccccc3c3c(-n4c5ccccc5c5ccccc54)cccc32)cccc1-n1c2ccccc2c2ccccc21. The van der Waals surface area contributed by atoms with Gasteiger partial charge in [-0.15, -0.1) is 0 Å². The van der Waals surface area contributed by atoms with Crippen LogP contribution in [0, 0.1) is 17.9 Å². The first-order valence-electron chi connectivity index (χ1n) is 20.4. The smallest absolute Gasteiger partial charge is 0.195 e. The molecule has 0 radical (unpaired) electrons. The number of aromatic nitrogens is 3. The topological polar surface area (TPSA) is 42.9 Å². The van der Waals surface area contributed by atoms with E-state index < -0.39 is 0 Å². The number of nitrogens with zero attached hydrogens (tertiary/aromatic N) is 5. The molecule has 0 atom stereocenters. The minimum atomic E-state index is 0.485. The van der Waals surface area contributed by atoms with Crippen molar-refractivity contribution in [1.82, 2.24) is 13.7 Å². The summed E-state index contributed by atoms with van der Waals surface area (Å²) in [6.07, 6.45) is 0. The molecule has 0 N–H and O–H groups in total. The predicted octanol–water partition coefficient (Wildman–Crippen LogP) is 14.7. The molecule has 3 aromatic heterocycles. The summed E-state index contributed by atoms with van der Waals surface area (Å²) < 4.78 is 7.13. The molecule has 0 spiro atoms. The van der Waals surface area contributed by atoms with E-state index in [1.807, 2.05) is 6.07 Å². The zero-order valence-corrected chi connectivity index (χ0v) is 32.8. The third kappa shape index (κ3) is 4.99. The zero-order valence-electron chi connectivity index (χ0n) is 32.8. The highest BCUT2D eigenvalue weighted by atomic mass is 15.0. The van der Waals surface area contributed by atoms with Gasteiger partial charge in [-0.2, -0.15) is 5.26 Å². The van der Waals surface area contributed by atoms with Crippen LogP contribution >= 0.6 is 0 Å². The molecule has 5 heteroatoms. The molecule has 12 rings (SSSR count). The largest absolute Gasteiger partial charge is 0.309 e. The molecule has 0 unspecified atom stereocenters. The van der Waals surface area contributed by atoms with Crippen molar-refractivity contribution in [3.63, 3.8) is 0 Å². The number of hydrogen-bond donors (Lipinski definition) is 0. The lowest BCUT2D eigenvalue weighted by atomic mass is 9.90. The molecule has 61 heavy (non-hydrogen) atoms.